The van der Waals surface area contributed by atoms with Crippen LogP contribution in [0.5, 0.6) is 0 Å². The highest BCUT2D eigenvalue weighted by molar-refractivity contribution is 5.76. The van der Waals surface area contributed by atoms with Gasteiger partial charge in [-0.15, -0.1) is 0 Å². The van der Waals surface area contributed by atoms with E-state index >= 15 is 0 Å². The summed E-state index contributed by atoms with van der Waals surface area (Å²) >= 11 is 0. The second-order valence-corrected chi connectivity index (χ2v) is 7.43. The third-order valence-corrected chi connectivity index (χ3v) is 5.29. The van der Waals surface area contributed by atoms with Gasteiger partial charge in [0.25, 0.3) is 0 Å². The Morgan fingerprint density at radius 2 is 1.86 bits per heavy atom. The standard InChI is InChI=1S/C21H26F3N3O/c1-3-17(15-11-9-14(2)10-12-15)25-19(28)13-27-18-8-6-4-5-7-16(18)20(26-27)21(22,23)24/h9-12,17H,3-8,13H2,1-2H3,(H,25,28). The number of halogens is 3. The number of carbonyl (C=O) groups excluding carboxylic acids is 1. The lowest BCUT2D eigenvalue weighted by molar-refractivity contribution is -0.142. The quantitative estimate of drug-likeness (QED) is 0.746. The minimum Gasteiger partial charge on any atom is -0.348 e. The molecule has 4 nitrogen and oxygen atoms in total. The predicted molar refractivity (Wildman–Crippen MR) is 101 cm³/mol. The average Bonchev–Trinajstić information content (AvgIpc) is 2.82. The fourth-order valence-corrected chi connectivity index (χ4v) is 3.80. The molecule has 1 unspecified atom stereocenters. The Balaban J connectivity index is 1.79. The van der Waals surface area contributed by atoms with Gasteiger partial charge in [0.05, 0.1) is 6.04 Å². The van der Waals surface area contributed by atoms with Crippen molar-refractivity contribution in [2.75, 3.05) is 0 Å². The first-order valence-electron chi connectivity index (χ1n) is 9.81. The van der Waals surface area contributed by atoms with E-state index in [0.717, 1.165) is 30.4 Å². The Kier molecular flexibility index (Phi) is 6.10. The summed E-state index contributed by atoms with van der Waals surface area (Å²) in [6.07, 6.45) is -0.473. The van der Waals surface area contributed by atoms with Crippen LogP contribution >= 0.6 is 0 Å². The Morgan fingerprint density at radius 3 is 2.50 bits per heavy atom. The van der Waals surface area contributed by atoms with Crippen LogP contribution in [0.4, 0.5) is 13.2 Å². The van der Waals surface area contributed by atoms with E-state index in [1.54, 1.807) is 0 Å². The van der Waals surface area contributed by atoms with Gasteiger partial charge in [-0.1, -0.05) is 43.2 Å². The molecule has 1 aliphatic carbocycles. The first-order valence-corrected chi connectivity index (χ1v) is 9.81. The SMILES string of the molecule is CCC(NC(=O)Cn1nc(C(F)(F)F)c2c1CCCCC2)c1ccc(C)cc1. The lowest BCUT2D eigenvalue weighted by Gasteiger charge is -2.18. The average molecular weight is 393 g/mol. The molecule has 3 rings (SSSR count). The van der Waals surface area contributed by atoms with E-state index in [1.807, 2.05) is 38.1 Å². The number of aryl methyl sites for hydroxylation is 1. The number of rotatable bonds is 5. The van der Waals surface area contributed by atoms with E-state index < -0.39 is 11.9 Å². The number of aromatic nitrogens is 2. The van der Waals surface area contributed by atoms with Crippen molar-refractivity contribution in [2.45, 2.75) is 71.1 Å². The van der Waals surface area contributed by atoms with Gasteiger partial charge in [-0.3, -0.25) is 9.48 Å². The van der Waals surface area contributed by atoms with Gasteiger partial charge in [-0.2, -0.15) is 18.3 Å². The van der Waals surface area contributed by atoms with Crippen LogP contribution in [0.25, 0.3) is 0 Å². The van der Waals surface area contributed by atoms with Crippen molar-refractivity contribution < 1.29 is 18.0 Å². The Labute approximate surface area is 163 Å². The molecule has 0 saturated carbocycles. The number of hydrogen-bond donors (Lipinski definition) is 1. The topological polar surface area (TPSA) is 46.9 Å². The molecule has 1 aromatic heterocycles. The second kappa shape index (κ2) is 8.37. The molecule has 1 amide bonds. The summed E-state index contributed by atoms with van der Waals surface area (Å²) in [5.41, 5.74) is 2.11. The third-order valence-electron chi connectivity index (χ3n) is 5.29. The predicted octanol–water partition coefficient (Wildman–Crippen LogP) is 4.75. The normalized spacial score (nSPS) is 15.6. The molecule has 2 aromatic rings. The second-order valence-electron chi connectivity index (χ2n) is 7.43. The molecule has 152 valence electrons. The lowest BCUT2D eigenvalue weighted by atomic mass is 10.0. The smallest absolute Gasteiger partial charge is 0.348 e. The number of amides is 1. The molecule has 1 aliphatic rings. The summed E-state index contributed by atoms with van der Waals surface area (Å²) < 4.78 is 41.5. The first-order chi connectivity index (χ1) is 13.3. The number of alkyl halides is 3. The largest absolute Gasteiger partial charge is 0.435 e. The highest BCUT2D eigenvalue weighted by Gasteiger charge is 2.39. The van der Waals surface area contributed by atoms with Crippen molar-refractivity contribution in [2.24, 2.45) is 0 Å². The number of carbonyl (C=O) groups is 1. The number of hydrogen-bond acceptors (Lipinski definition) is 2. The van der Waals surface area contributed by atoms with Crippen LogP contribution in [0.1, 0.15) is 66.7 Å². The van der Waals surface area contributed by atoms with Gasteiger partial charge in [0, 0.05) is 11.3 Å². The van der Waals surface area contributed by atoms with E-state index in [0.29, 0.717) is 25.0 Å². The van der Waals surface area contributed by atoms with Crippen LogP contribution in [0.2, 0.25) is 0 Å². The van der Waals surface area contributed by atoms with E-state index in [4.69, 9.17) is 0 Å². The van der Waals surface area contributed by atoms with Gasteiger partial charge in [0.2, 0.25) is 5.91 Å². The summed E-state index contributed by atoms with van der Waals surface area (Å²) in [4.78, 5) is 12.6. The summed E-state index contributed by atoms with van der Waals surface area (Å²) in [7, 11) is 0. The molecular formula is C21H26F3N3O. The molecule has 0 fully saturated rings. The fourth-order valence-electron chi connectivity index (χ4n) is 3.80. The van der Waals surface area contributed by atoms with Crippen LogP contribution in [0, 0.1) is 6.92 Å². The van der Waals surface area contributed by atoms with Gasteiger partial charge >= 0.3 is 6.18 Å². The zero-order valence-corrected chi connectivity index (χ0v) is 16.3. The van der Waals surface area contributed by atoms with E-state index in [9.17, 15) is 18.0 Å². The van der Waals surface area contributed by atoms with E-state index in [-0.39, 0.29) is 24.1 Å². The number of nitrogens with one attached hydrogen (secondary N) is 1. The molecule has 1 heterocycles. The summed E-state index contributed by atoms with van der Waals surface area (Å²) in [5.74, 6) is -0.323. The summed E-state index contributed by atoms with van der Waals surface area (Å²) in [6, 6.07) is 7.71. The first kappa shape index (κ1) is 20.4. The van der Waals surface area contributed by atoms with Crippen LogP contribution in [0.3, 0.4) is 0 Å². The molecule has 0 radical (unpaired) electrons. The van der Waals surface area contributed by atoms with Gasteiger partial charge in [0.15, 0.2) is 5.69 Å². The maximum Gasteiger partial charge on any atom is 0.435 e. The van der Waals surface area contributed by atoms with Crippen LogP contribution < -0.4 is 5.32 Å². The number of fused-ring (bicyclic) bond motifs is 1. The van der Waals surface area contributed by atoms with Crippen LogP contribution in [-0.2, 0) is 30.4 Å². The molecule has 0 aliphatic heterocycles. The Morgan fingerprint density at radius 1 is 1.18 bits per heavy atom. The van der Waals surface area contributed by atoms with Crippen LogP contribution in [-0.4, -0.2) is 15.7 Å². The molecule has 0 spiro atoms. The minimum absolute atomic E-state index is 0.177. The Hall–Kier alpha value is -2.31. The molecular weight excluding hydrogens is 367 g/mol. The van der Waals surface area contributed by atoms with Crippen molar-refractivity contribution in [3.8, 4) is 0 Å². The summed E-state index contributed by atoms with van der Waals surface area (Å²) in [5, 5.41) is 6.73. The number of benzene rings is 1. The fraction of sp³-hybridized carbons (Fsp3) is 0.524. The van der Waals surface area contributed by atoms with Gasteiger partial charge in [-0.25, -0.2) is 0 Å². The molecule has 1 N–H and O–H groups in total. The third kappa shape index (κ3) is 4.56. The maximum atomic E-state index is 13.4. The van der Waals surface area contributed by atoms with Gasteiger partial charge in [0.1, 0.15) is 6.54 Å². The van der Waals surface area contributed by atoms with Crippen molar-refractivity contribution in [1.29, 1.82) is 0 Å². The molecule has 28 heavy (non-hydrogen) atoms. The van der Waals surface area contributed by atoms with Gasteiger partial charge in [-0.05, 0) is 44.6 Å². The van der Waals surface area contributed by atoms with Crippen molar-refractivity contribution >= 4 is 5.91 Å². The van der Waals surface area contributed by atoms with Crippen LogP contribution in [0.15, 0.2) is 24.3 Å². The maximum absolute atomic E-state index is 13.4. The van der Waals surface area contributed by atoms with E-state index in [1.165, 1.54) is 4.68 Å². The molecule has 1 aromatic carbocycles. The highest BCUT2D eigenvalue weighted by atomic mass is 19.4. The van der Waals surface area contributed by atoms with Crippen molar-refractivity contribution in [1.82, 2.24) is 15.1 Å². The summed E-state index contributed by atoms with van der Waals surface area (Å²) in [6.45, 7) is 3.76. The van der Waals surface area contributed by atoms with E-state index in [2.05, 4.69) is 10.4 Å². The van der Waals surface area contributed by atoms with Gasteiger partial charge < -0.3 is 5.32 Å². The zero-order valence-electron chi connectivity index (χ0n) is 16.3. The number of nitrogens with zero attached hydrogens (tertiary/aromatic N) is 2. The van der Waals surface area contributed by atoms with Crippen molar-refractivity contribution in [3.05, 3.63) is 52.3 Å². The minimum atomic E-state index is -4.50. The molecule has 0 bridgehead atoms. The zero-order chi connectivity index (χ0) is 20.3. The lowest BCUT2D eigenvalue weighted by Crippen LogP contribution is -2.32. The van der Waals surface area contributed by atoms with Crippen molar-refractivity contribution in [3.63, 3.8) is 0 Å². The monoisotopic (exact) mass is 393 g/mol. The molecule has 7 heteroatoms. The highest BCUT2D eigenvalue weighted by Crippen LogP contribution is 2.35. The molecule has 0 saturated heterocycles. The molecule has 1 atom stereocenters. The Bertz CT molecular complexity index is 825.